The van der Waals surface area contributed by atoms with Gasteiger partial charge in [0.15, 0.2) is 5.82 Å². The van der Waals surface area contributed by atoms with Gasteiger partial charge >= 0.3 is 6.03 Å². The number of nitrogens with one attached hydrogen (secondary N) is 1. The Hall–Kier alpha value is -3.19. The molecule has 7 nitrogen and oxygen atoms in total. The zero-order valence-corrected chi connectivity index (χ0v) is 15.7. The molecule has 1 aromatic carbocycles. The molecule has 1 saturated heterocycles. The molecule has 0 unspecified atom stereocenters. The third kappa shape index (κ3) is 4.55. The van der Waals surface area contributed by atoms with Crippen LogP contribution in [0.3, 0.4) is 0 Å². The van der Waals surface area contributed by atoms with E-state index < -0.39 is 0 Å². The van der Waals surface area contributed by atoms with E-state index in [9.17, 15) is 4.79 Å². The SMILES string of the molecule is O=C(NCc1ccnc(-n2cccn2)c1)N1CCN(Cc2ccccc2)CC1. The topological polar surface area (TPSA) is 66.3 Å². The Morgan fingerprint density at radius 2 is 1.79 bits per heavy atom. The quantitative estimate of drug-likeness (QED) is 0.742. The molecule has 1 aliphatic heterocycles. The van der Waals surface area contributed by atoms with Crippen molar-refractivity contribution in [3.05, 3.63) is 78.2 Å². The van der Waals surface area contributed by atoms with Crippen LogP contribution in [0.2, 0.25) is 0 Å². The molecule has 0 radical (unpaired) electrons. The van der Waals surface area contributed by atoms with Crippen LogP contribution < -0.4 is 5.32 Å². The van der Waals surface area contributed by atoms with Gasteiger partial charge in [-0.2, -0.15) is 5.10 Å². The molecule has 0 saturated carbocycles. The highest BCUT2D eigenvalue weighted by molar-refractivity contribution is 5.74. The first kappa shape index (κ1) is 18.2. The minimum Gasteiger partial charge on any atom is -0.334 e. The van der Waals surface area contributed by atoms with Gasteiger partial charge in [-0.1, -0.05) is 30.3 Å². The third-order valence-corrected chi connectivity index (χ3v) is 4.90. The standard InChI is InChI=1S/C21H24N6O/c28-21(23-16-19-7-9-22-20(15-19)27-10-4-8-24-27)26-13-11-25(12-14-26)17-18-5-2-1-3-6-18/h1-10,15H,11-14,16-17H2,(H,23,28). The lowest BCUT2D eigenvalue weighted by atomic mass is 10.2. The molecule has 3 aromatic rings. The van der Waals surface area contributed by atoms with Gasteiger partial charge in [0.2, 0.25) is 0 Å². The number of rotatable bonds is 5. The van der Waals surface area contributed by atoms with Gasteiger partial charge in [0, 0.05) is 57.9 Å². The third-order valence-electron chi connectivity index (χ3n) is 4.90. The second kappa shape index (κ2) is 8.67. The van der Waals surface area contributed by atoms with Gasteiger partial charge in [0.1, 0.15) is 0 Å². The number of pyridine rings is 1. The van der Waals surface area contributed by atoms with E-state index in [2.05, 4.69) is 44.6 Å². The maximum absolute atomic E-state index is 12.5. The van der Waals surface area contributed by atoms with Crippen molar-refractivity contribution in [3.63, 3.8) is 0 Å². The Morgan fingerprint density at radius 3 is 2.54 bits per heavy atom. The monoisotopic (exact) mass is 376 g/mol. The average molecular weight is 376 g/mol. The number of benzene rings is 1. The van der Waals surface area contributed by atoms with Crippen molar-refractivity contribution in [2.75, 3.05) is 26.2 Å². The molecule has 144 valence electrons. The Kier molecular flexibility index (Phi) is 5.63. The maximum atomic E-state index is 12.5. The fraction of sp³-hybridized carbons (Fsp3) is 0.286. The van der Waals surface area contributed by atoms with Crippen molar-refractivity contribution < 1.29 is 4.79 Å². The summed E-state index contributed by atoms with van der Waals surface area (Å²) in [4.78, 5) is 21.1. The normalized spacial score (nSPS) is 14.8. The molecular weight excluding hydrogens is 352 g/mol. The predicted molar refractivity (Wildman–Crippen MR) is 107 cm³/mol. The van der Waals surface area contributed by atoms with Gasteiger partial charge in [-0.15, -0.1) is 0 Å². The van der Waals surface area contributed by atoms with Crippen molar-refractivity contribution in [3.8, 4) is 5.82 Å². The van der Waals surface area contributed by atoms with Crippen molar-refractivity contribution in [2.45, 2.75) is 13.1 Å². The molecule has 0 spiro atoms. The summed E-state index contributed by atoms with van der Waals surface area (Å²) in [6.07, 6.45) is 5.30. The van der Waals surface area contributed by atoms with E-state index in [0.29, 0.717) is 6.54 Å². The second-order valence-electron chi connectivity index (χ2n) is 6.88. The van der Waals surface area contributed by atoms with Crippen LogP contribution in [-0.4, -0.2) is 56.8 Å². The molecule has 28 heavy (non-hydrogen) atoms. The summed E-state index contributed by atoms with van der Waals surface area (Å²) in [5, 5.41) is 7.20. The molecule has 3 heterocycles. The lowest BCUT2D eigenvalue weighted by Gasteiger charge is -2.34. The van der Waals surface area contributed by atoms with Gasteiger partial charge in [-0.3, -0.25) is 4.90 Å². The molecule has 2 amide bonds. The molecule has 7 heteroatoms. The Labute approximate surface area is 164 Å². The molecule has 4 rings (SSSR count). The summed E-state index contributed by atoms with van der Waals surface area (Å²) in [6, 6.07) is 16.1. The summed E-state index contributed by atoms with van der Waals surface area (Å²) in [6.45, 7) is 4.67. The van der Waals surface area contributed by atoms with Crippen LogP contribution >= 0.6 is 0 Å². The molecule has 0 aliphatic carbocycles. The highest BCUT2D eigenvalue weighted by atomic mass is 16.2. The zero-order valence-electron chi connectivity index (χ0n) is 15.7. The number of urea groups is 1. The first-order valence-electron chi connectivity index (χ1n) is 9.52. The summed E-state index contributed by atoms with van der Waals surface area (Å²) in [7, 11) is 0. The van der Waals surface area contributed by atoms with Gasteiger partial charge in [0.05, 0.1) is 0 Å². The lowest BCUT2D eigenvalue weighted by Crippen LogP contribution is -2.51. The fourth-order valence-electron chi connectivity index (χ4n) is 3.34. The summed E-state index contributed by atoms with van der Waals surface area (Å²) in [5.41, 5.74) is 2.31. The van der Waals surface area contributed by atoms with Crippen molar-refractivity contribution >= 4 is 6.03 Å². The Balaban J connectivity index is 1.25. The van der Waals surface area contributed by atoms with Gasteiger partial charge < -0.3 is 10.2 Å². The summed E-state index contributed by atoms with van der Waals surface area (Å²) >= 11 is 0. The largest absolute Gasteiger partial charge is 0.334 e. The number of hydrogen-bond acceptors (Lipinski definition) is 4. The van der Waals surface area contributed by atoms with E-state index in [1.807, 2.05) is 35.4 Å². The van der Waals surface area contributed by atoms with Gasteiger partial charge in [-0.05, 0) is 29.3 Å². The van der Waals surface area contributed by atoms with Crippen LogP contribution in [0.15, 0.2) is 67.1 Å². The first-order valence-corrected chi connectivity index (χ1v) is 9.52. The fourth-order valence-corrected chi connectivity index (χ4v) is 3.34. The first-order chi connectivity index (χ1) is 13.8. The number of amides is 2. The van der Waals surface area contributed by atoms with Crippen LogP contribution in [0.25, 0.3) is 5.82 Å². The number of hydrogen-bond donors (Lipinski definition) is 1. The van der Waals surface area contributed by atoms with Gasteiger partial charge in [0.25, 0.3) is 0 Å². The minimum atomic E-state index is -0.0168. The van der Waals surface area contributed by atoms with E-state index in [1.54, 1.807) is 17.1 Å². The molecule has 2 aromatic heterocycles. The van der Waals surface area contributed by atoms with E-state index in [1.165, 1.54) is 5.56 Å². The van der Waals surface area contributed by atoms with Gasteiger partial charge in [-0.25, -0.2) is 14.5 Å². The van der Waals surface area contributed by atoms with E-state index in [4.69, 9.17) is 0 Å². The van der Waals surface area contributed by atoms with Crippen LogP contribution in [0.5, 0.6) is 0 Å². The molecular formula is C21H24N6O. The Bertz CT molecular complexity index is 888. The van der Waals surface area contributed by atoms with Crippen molar-refractivity contribution in [2.24, 2.45) is 0 Å². The lowest BCUT2D eigenvalue weighted by molar-refractivity contribution is 0.135. The number of aromatic nitrogens is 3. The molecule has 1 aliphatic rings. The van der Waals surface area contributed by atoms with E-state index >= 15 is 0 Å². The summed E-state index contributed by atoms with van der Waals surface area (Å²) in [5.74, 6) is 0.742. The predicted octanol–water partition coefficient (Wildman–Crippen LogP) is 2.29. The van der Waals surface area contributed by atoms with Crippen LogP contribution in [0.4, 0.5) is 4.79 Å². The maximum Gasteiger partial charge on any atom is 0.317 e. The minimum absolute atomic E-state index is 0.0168. The van der Waals surface area contributed by atoms with E-state index in [0.717, 1.165) is 44.1 Å². The van der Waals surface area contributed by atoms with Crippen LogP contribution in [0.1, 0.15) is 11.1 Å². The van der Waals surface area contributed by atoms with E-state index in [-0.39, 0.29) is 6.03 Å². The molecule has 0 bridgehead atoms. The molecule has 0 atom stereocenters. The van der Waals surface area contributed by atoms with Crippen molar-refractivity contribution in [1.82, 2.24) is 29.9 Å². The number of carbonyl (C=O) groups is 1. The van der Waals surface area contributed by atoms with Crippen molar-refractivity contribution in [1.29, 1.82) is 0 Å². The number of piperazine rings is 1. The highest BCUT2D eigenvalue weighted by Gasteiger charge is 2.20. The number of nitrogens with zero attached hydrogens (tertiary/aromatic N) is 5. The van der Waals surface area contributed by atoms with Crippen LogP contribution in [-0.2, 0) is 13.1 Å². The Morgan fingerprint density at radius 1 is 0.964 bits per heavy atom. The van der Waals surface area contributed by atoms with Crippen LogP contribution in [0, 0.1) is 0 Å². The molecule has 1 fully saturated rings. The zero-order chi connectivity index (χ0) is 19.2. The second-order valence-corrected chi connectivity index (χ2v) is 6.88. The summed E-state index contributed by atoms with van der Waals surface area (Å²) < 4.78 is 1.71. The average Bonchev–Trinajstić information content (AvgIpc) is 3.29. The highest BCUT2D eigenvalue weighted by Crippen LogP contribution is 2.09. The smallest absolute Gasteiger partial charge is 0.317 e. The molecule has 1 N–H and O–H groups in total. The number of carbonyl (C=O) groups excluding carboxylic acids is 1.